The van der Waals surface area contributed by atoms with Gasteiger partial charge in [-0.3, -0.25) is 9.69 Å². The number of amides is 1. The van der Waals surface area contributed by atoms with Crippen molar-refractivity contribution in [2.45, 2.75) is 13.0 Å². The molecule has 2 aromatic carbocycles. The van der Waals surface area contributed by atoms with Crippen LogP contribution in [-0.2, 0) is 17.8 Å². The molecule has 2 heterocycles. The van der Waals surface area contributed by atoms with Gasteiger partial charge in [0.2, 0.25) is 5.91 Å². The Labute approximate surface area is 193 Å². The maximum atomic E-state index is 14.7. The molecule has 0 spiro atoms. The van der Waals surface area contributed by atoms with Crippen molar-refractivity contribution in [3.05, 3.63) is 83.8 Å². The lowest BCUT2D eigenvalue weighted by Crippen LogP contribution is -2.44. The summed E-state index contributed by atoms with van der Waals surface area (Å²) in [6.45, 7) is 5.78. The number of nitrogens with zero attached hydrogens (tertiary/aromatic N) is 2. The van der Waals surface area contributed by atoms with Crippen molar-refractivity contribution in [3.8, 4) is 17.0 Å². The summed E-state index contributed by atoms with van der Waals surface area (Å²) in [5, 5.41) is 6.23. The number of nitrogens with one attached hydrogen (secondary N) is 2. The maximum Gasteiger partial charge on any atom is 0.224 e. The van der Waals surface area contributed by atoms with Crippen molar-refractivity contribution in [1.29, 1.82) is 0 Å². The molecule has 1 aliphatic rings. The lowest BCUT2D eigenvalue weighted by Gasteiger charge is -2.26. The summed E-state index contributed by atoms with van der Waals surface area (Å²) in [6, 6.07) is 18.4. The van der Waals surface area contributed by atoms with Crippen LogP contribution in [0.3, 0.4) is 0 Å². The Hall–Kier alpha value is -3.29. The van der Waals surface area contributed by atoms with Gasteiger partial charge in [-0.2, -0.15) is 0 Å². The van der Waals surface area contributed by atoms with Crippen molar-refractivity contribution in [2.24, 2.45) is 0 Å². The second-order valence-electron chi connectivity index (χ2n) is 8.08. The van der Waals surface area contributed by atoms with Gasteiger partial charge in [0.15, 0.2) is 5.82 Å². The number of rotatable bonds is 9. The van der Waals surface area contributed by atoms with Crippen molar-refractivity contribution in [3.63, 3.8) is 0 Å². The highest BCUT2D eigenvalue weighted by molar-refractivity contribution is 5.78. The Kier molecular flexibility index (Phi) is 8.00. The third kappa shape index (κ3) is 6.84. The van der Waals surface area contributed by atoms with Gasteiger partial charge < -0.3 is 15.4 Å². The Bertz CT molecular complexity index is 1040. The van der Waals surface area contributed by atoms with Gasteiger partial charge in [0.05, 0.1) is 12.6 Å². The standard InChI is InChI=1S/C26H29FN4O2/c27-24-17-23(33-15-14-31-12-10-28-11-13-31)19-30-26(24)22-8-6-20(7-9-22)16-25(32)29-18-21-4-2-1-3-5-21/h1-9,17,19,28H,10-16,18H2,(H,29,32). The molecule has 7 heteroatoms. The van der Waals surface area contributed by atoms with Crippen LogP contribution in [0.4, 0.5) is 4.39 Å². The SMILES string of the molecule is O=C(Cc1ccc(-c2ncc(OCCN3CCNCC3)cc2F)cc1)NCc1ccccc1. The van der Waals surface area contributed by atoms with Gasteiger partial charge in [-0.25, -0.2) is 9.37 Å². The van der Waals surface area contributed by atoms with Crippen LogP contribution in [0.25, 0.3) is 11.3 Å². The Balaban J connectivity index is 1.28. The molecule has 0 saturated carbocycles. The average molecular weight is 449 g/mol. The van der Waals surface area contributed by atoms with Gasteiger partial charge in [0.1, 0.15) is 18.1 Å². The quantitative estimate of drug-likeness (QED) is 0.527. The summed E-state index contributed by atoms with van der Waals surface area (Å²) in [5.41, 5.74) is 2.84. The van der Waals surface area contributed by atoms with E-state index in [2.05, 4.69) is 20.5 Å². The van der Waals surface area contributed by atoms with Crippen LogP contribution in [-0.4, -0.2) is 55.1 Å². The first-order chi connectivity index (χ1) is 16.2. The number of carbonyl (C=O) groups is 1. The minimum atomic E-state index is -0.428. The zero-order valence-electron chi connectivity index (χ0n) is 18.6. The molecule has 1 aliphatic heterocycles. The monoisotopic (exact) mass is 448 g/mol. The molecule has 0 unspecified atom stereocenters. The number of hydrogen-bond acceptors (Lipinski definition) is 5. The van der Waals surface area contributed by atoms with Gasteiger partial charge in [-0.05, 0) is 11.1 Å². The summed E-state index contributed by atoms with van der Waals surface area (Å²) in [5.74, 6) is -0.0562. The highest BCUT2D eigenvalue weighted by Crippen LogP contribution is 2.24. The molecule has 1 aromatic heterocycles. The molecule has 6 nitrogen and oxygen atoms in total. The summed E-state index contributed by atoms with van der Waals surface area (Å²) in [4.78, 5) is 18.8. The highest BCUT2D eigenvalue weighted by atomic mass is 19.1. The predicted octanol–water partition coefficient (Wildman–Crippen LogP) is 3.03. The van der Waals surface area contributed by atoms with Gasteiger partial charge in [0.25, 0.3) is 0 Å². The second kappa shape index (κ2) is 11.5. The molecular formula is C26H29FN4O2. The first-order valence-electron chi connectivity index (χ1n) is 11.3. The van der Waals surface area contributed by atoms with Crippen molar-refractivity contribution >= 4 is 5.91 Å². The lowest BCUT2D eigenvalue weighted by atomic mass is 10.1. The van der Waals surface area contributed by atoms with E-state index in [1.807, 2.05) is 42.5 Å². The number of benzene rings is 2. The average Bonchev–Trinajstić information content (AvgIpc) is 2.85. The minimum Gasteiger partial charge on any atom is -0.491 e. The minimum absolute atomic E-state index is 0.0572. The van der Waals surface area contributed by atoms with Crippen LogP contribution < -0.4 is 15.4 Å². The summed E-state index contributed by atoms with van der Waals surface area (Å²) in [6.07, 6.45) is 1.82. The molecule has 172 valence electrons. The number of ether oxygens (including phenoxy) is 1. The van der Waals surface area contributed by atoms with Crippen LogP contribution in [0.1, 0.15) is 11.1 Å². The fourth-order valence-electron chi connectivity index (χ4n) is 3.76. The topological polar surface area (TPSA) is 66.5 Å². The van der Waals surface area contributed by atoms with Crippen molar-refractivity contribution in [2.75, 3.05) is 39.3 Å². The zero-order valence-corrected chi connectivity index (χ0v) is 18.6. The fourth-order valence-corrected chi connectivity index (χ4v) is 3.76. The number of piperazine rings is 1. The molecule has 3 aromatic rings. The van der Waals surface area contributed by atoms with Crippen molar-refractivity contribution < 1.29 is 13.9 Å². The van der Waals surface area contributed by atoms with Gasteiger partial charge in [-0.1, -0.05) is 54.6 Å². The van der Waals surface area contributed by atoms with E-state index in [-0.39, 0.29) is 18.0 Å². The van der Waals surface area contributed by atoms with Crippen LogP contribution in [0.5, 0.6) is 5.75 Å². The Morgan fingerprint density at radius 2 is 1.82 bits per heavy atom. The van der Waals surface area contributed by atoms with E-state index in [9.17, 15) is 9.18 Å². The smallest absolute Gasteiger partial charge is 0.224 e. The van der Waals surface area contributed by atoms with E-state index in [4.69, 9.17) is 4.74 Å². The predicted molar refractivity (Wildman–Crippen MR) is 126 cm³/mol. The first-order valence-corrected chi connectivity index (χ1v) is 11.3. The molecule has 1 fully saturated rings. The van der Waals surface area contributed by atoms with Gasteiger partial charge in [-0.15, -0.1) is 0 Å². The molecule has 0 bridgehead atoms. The van der Waals surface area contributed by atoms with E-state index in [1.165, 1.54) is 6.07 Å². The van der Waals surface area contributed by atoms with Crippen LogP contribution >= 0.6 is 0 Å². The highest BCUT2D eigenvalue weighted by Gasteiger charge is 2.12. The molecular weight excluding hydrogens is 419 g/mol. The van der Waals surface area contributed by atoms with Crippen LogP contribution in [0.15, 0.2) is 66.9 Å². The second-order valence-corrected chi connectivity index (χ2v) is 8.08. The molecule has 4 rings (SSSR count). The third-order valence-electron chi connectivity index (χ3n) is 5.63. The van der Waals surface area contributed by atoms with E-state index >= 15 is 0 Å². The Morgan fingerprint density at radius 3 is 2.55 bits per heavy atom. The number of aromatic nitrogens is 1. The molecule has 1 amide bonds. The summed E-state index contributed by atoms with van der Waals surface area (Å²) >= 11 is 0. The number of carbonyl (C=O) groups excluding carboxylic acids is 1. The molecule has 0 aliphatic carbocycles. The molecule has 0 atom stereocenters. The van der Waals surface area contributed by atoms with Gasteiger partial charge in [0, 0.05) is 50.9 Å². The zero-order chi connectivity index (χ0) is 22.9. The Morgan fingerprint density at radius 1 is 1.06 bits per heavy atom. The molecule has 0 radical (unpaired) electrons. The van der Waals surface area contributed by atoms with E-state index in [0.717, 1.165) is 43.9 Å². The summed E-state index contributed by atoms with van der Waals surface area (Å²) < 4.78 is 20.4. The largest absolute Gasteiger partial charge is 0.491 e. The fraction of sp³-hybridized carbons (Fsp3) is 0.308. The molecule has 1 saturated heterocycles. The van der Waals surface area contributed by atoms with E-state index in [1.54, 1.807) is 18.3 Å². The molecule has 2 N–H and O–H groups in total. The van der Waals surface area contributed by atoms with E-state index in [0.29, 0.717) is 24.5 Å². The third-order valence-corrected chi connectivity index (χ3v) is 5.63. The van der Waals surface area contributed by atoms with Gasteiger partial charge >= 0.3 is 0 Å². The van der Waals surface area contributed by atoms with E-state index < -0.39 is 5.82 Å². The lowest BCUT2D eigenvalue weighted by molar-refractivity contribution is -0.120. The number of hydrogen-bond donors (Lipinski definition) is 2. The van der Waals surface area contributed by atoms with Crippen LogP contribution in [0, 0.1) is 5.82 Å². The van der Waals surface area contributed by atoms with Crippen LogP contribution in [0.2, 0.25) is 0 Å². The maximum absolute atomic E-state index is 14.7. The number of halogens is 1. The number of pyridine rings is 1. The van der Waals surface area contributed by atoms with Crippen molar-refractivity contribution in [1.82, 2.24) is 20.5 Å². The first kappa shape index (κ1) is 22.9. The molecule has 33 heavy (non-hydrogen) atoms. The summed E-state index contributed by atoms with van der Waals surface area (Å²) in [7, 11) is 0. The normalized spacial score (nSPS) is 14.1.